The van der Waals surface area contributed by atoms with Crippen LogP contribution in [0.1, 0.15) is 5.56 Å². The Morgan fingerprint density at radius 1 is 1.15 bits per heavy atom. The van der Waals surface area contributed by atoms with Gasteiger partial charge in [-0.3, -0.25) is 0 Å². The first-order valence-corrected chi connectivity index (χ1v) is 4.69. The molecule has 0 saturated carbocycles. The summed E-state index contributed by atoms with van der Waals surface area (Å²) in [7, 11) is 0. The molecule has 0 atom stereocenters. The SMILES string of the molecule is Cl.ClC(Cl)CNCc1ccccc1. The lowest BCUT2D eigenvalue weighted by atomic mass is 10.2. The van der Waals surface area contributed by atoms with Crippen molar-refractivity contribution in [1.82, 2.24) is 5.32 Å². The van der Waals surface area contributed by atoms with Crippen molar-refractivity contribution in [2.75, 3.05) is 6.54 Å². The van der Waals surface area contributed by atoms with Gasteiger partial charge in [-0.1, -0.05) is 30.3 Å². The Morgan fingerprint density at radius 2 is 1.77 bits per heavy atom. The summed E-state index contributed by atoms with van der Waals surface area (Å²) in [5.74, 6) is 0. The minimum absolute atomic E-state index is 0. The molecule has 0 heterocycles. The van der Waals surface area contributed by atoms with E-state index in [9.17, 15) is 0 Å². The van der Waals surface area contributed by atoms with Crippen molar-refractivity contribution in [2.24, 2.45) is 0 Å². The van der Waals surface area contributed by atoms with Crippen molar-refractivity contribution < 1.29 is 0 Å². The van der Waals surface area contributed by atoms with E-state index >= 15 is 0 Å². The van der Waals surface area contributed by atoms with Gasteiger partial charge in [0.25, 0.3) is 0 Å². The van der Waals surface area contributed by atoms with Gasteiger partial charge < -0.3 is 5.32 Å². The second-order valence-electron chi connectivity index (χ2n) is 2.51. The standard InChI is InChI=1S/C9H11Cl2N.ClH/c10-9(11)7-12-6-8-4-2-1-3-5-8;/h1-5,9,12H,6-7H2;1H. The summed E-state index contributed by atoms with van der Waals surface area (Å²) in [6, 6.07) is 10.1. The van der Waals surface area contributed by atoms with Crippen molar-refractivity contribution in [3.05, 3.63) is 35.9 Å². The topological polar surface area (TPSA) is 12.0 Å². The maximum atomic E-state index is 5.55. The van der Waals surface area contributed by atoms with Crippen LogP contribution in [-0.4, -0.2) is 11.4 Å². The van der Waals surface area contributed by atoms with Gasteiger partial charge in [-0.25, -0.2) is 0 Å². The van der Waals surface area contributed by atoms with Gasteiger partial charge in [-0.05, 0) is 5.56 Å². The fourth-order valence-electron chi connectivity index (χ4n) is 0.921. The molecule has 0 fully saturated rings. The summed E-state index contributed by atoms with van der Waals surface area (Å²) >= 11 is 11.1. The molecule has 0 aliphatic carbocycles. The van der Waals surface area contributed by atoms with Gasteiger partial charge in [-0.2, -0.15) is 0 Å². The fraction of sp³-hybridized carbons (Fsp3) is 0.333. The van der Waals surface area contributed by atoms with Crippen LogP contribution >= 0.6 is 35.6 Å². The van der Waals surface area contributed by atoms with Gasteiger partial charge >= 0.3 is 0 Å². The van der Waals surface area contributed by atoms with Gasteiger partial charge in [0.05, 0.1) is 0 Å². The quantitative estimate of drug-likeness (QED) is 0.798. The lowest BCUT2D eigenvalue weighted by Crippen LogP contribution is -2.19. The molecule has 0 bridgehead atoms. The first-order chi connectivity index (χ1) is 5.79. The zero-order valence-electron chi connectivity index (χ0n) is 7.04. The van der Waals surface area contributed by atoms with Gasteiger partial charge in [0.2, 0.25) is 0 Å². The van der Waals surface area contributed by atoms with E-state index in [-0.39, 0.29) is 17.2 Å². The monoisotopic (exact) mass is 239 g/mol. The predicted molar refractivity (Wildman–Crippen MR) is 60.9 cm³/mol. The van der Waals surface area contributed by atoms with Crippen molar-refractivity contribution >= 4 is 35.6 Å². The van der Waals surface area contributed by atoms with E-state index in [0.717, 1.165) is 6.54 Å². The Hall–Kier alpha value is 0.0500. The number of nitrogens with one attached hydrogen (secondary N) is 1. The Kier molecular flexibility index (Phi) is 7.48. The summed E-state index contributed by atoms with van der Waals surface area (Å²) in [5, 5.41) is 3.14. The third-order valence-corrected chi connectivity index (χ3v) is 1.78. The molecule has 0 aliphatic heterocycles. The number of hydrogen-bond acceptors (Lipinski definition) is 1. The fourth-order valence-corrected chi connectivity index (χ4v) is 1.14. The van der Waals surface area contributed by atoms with Gasteiger partial charge in [-0.15, -0.1) is 35.6 Å². The molecule has 0 aliphatic rings. The zero-order chi connectivity index (χ0) is 8.81. The average Bonchev–Trinajstić information content (AvgIpc) is 2.05. The molecule has 0 aromatic heterocycles. The highest BCUT2D eigenvalue weighted by atomic mass is 35.5. The van der Waals surface area contributed by atoms with Crippen LogP contribution in [0.3, 0.4) is 0 Å². The Morgan fingerprint density at radius 3 is 2.31 bits per heavy atom. The Balaban J connectivity index is 0.00000144. The first kappa shape index (κ1) is 13.1. The summed E-state index contributed by atoms with van der Waals surface area (Å²) in [6.07, 6.45) is 0. The summed E-state index contributed by atoms with van der Waals surface area (Å²) in [5.41, 5.74) is 1.24. The highest BCUT2D eigenvalue weighted by molar-refractivity contribution is 6.44. The second kappa shape index (κ2) is 7.45. The van der Waals surface area contributed by atoms with E-state index in [1.165, 1.54) is 5.56 Å². The molecular weight excluding hydrogens is 228 g/mol. The third-order valence-electron chi connectivity index (χ3n) is 1.47. The van der Waals surface area contributed by atoms with E-state index in [1.807, 2.05) is 18.2 Å². The molecular formula is C9H12Cl3N. The minimum atomic E-state index is -0.325. The van der Waals surface area contributed by atoms with E-state index in [2.05, 4.69) is 17.4 Å². The molecule has 1 aromatic rings. The summed E-state index contributed by atoms with van der Waals surface area (Å²) in [4.78, 5) is -0.325. The lowest BCUT2D eigenvalue weighted by Gasteiger charge is -2.04. The van der Waals surface area contributed by atoms with Gasteiger partial charge in [0.15, 0.2) is 0 Å². The number of rotatable bonds is 4. The maximum Gasteiger partial charge on any atom is 0.120 e. The van der Waals surface area contributed by atoms with Crippen LogP contribution in [-0.2, 0) is 6.54 Å². The molecule has 1 nitrogen and oxygen atoms in total. The van der Waals surface area contributed by atoms with Crippen molar-refractivity contribution in [3.63, 3.8) is 0 Å². The van der Waals surface area contributed by atoms with E-state index in [1.54, 1.807) is 0 Å². The first-order valence-electron chi connectivity index (χ1n) is 3.82. The Labute approximate surface area is 94.8 Å². The van der Waals surface area contributed by atoms with E-state index < -0.39 is 0 Å². The number of hydrogen-bond donors (Lipinski definition) is 1. The van der Waals surface area contributed by atoms with Crippen molar-refractivity contribution in [1.29, 1.82) is 0 Å². The smallest absolute Gasteiger partial charge is 0.120 e. The van der Waals surface area contributed by atoms with Crippen LogP contribution in [0, 0.1) is 0 Å². The highest BCUT2D eigenvalue weighted by Crippen LogP contribution is 2.00. The van der Waals surface area contributed by atoms with Crippen LogP contribution in [0.2, 0.25) is 0 Å². The molecule has 1 N–H and O–H groups in total. The van der Waals surface area contributed by atoms with E-state index in [4.69, 9.17) is 23.2 Å². The highest BCUT2D eigenvalue weighted by Gasteiger charge is 1.96. The van der Waals surface area contributed by atoms with Crippen LogP contribution in [0.25, 0.3) is 0 Å². The third kappa shape index (κ3) is 6.17. The molecule has 0 radical (unpaired) electrons. The lowest BCUT2D eigenvalue weighted by molar-refractivity contribution is 0.716. The Bertz CT molecular complexity index is 213. The van der Waals surface area contributed by atoms with Gasteiger partial charge in [0, 0.05) is 13.1 Å². The van der Waals surface area contributed by atoms with Crippen LogP contribution < -0.4 is 5.32 Å². The minimum Gasteiger partial charge on any atom is -0.310 e. The molecule has 0 spiro atoms. The van der Waals surface area contributed by atoms with Crippen molar-refractivity contribution in [2.45, 2.75) is 11.4 Å². The molecule has 1 rings (SSSR count). The molecule has 13 heavy (non-hydrogen) atoms. The molecule has 74 valence electrons. The predicted octanol–water partition coefficient (Wildman–Crippen LogP) is 3.00. The van der Waals surface area contributed by atoms with E-state index in [0.29, 0.717) is 6.54 Å². The summed E-state index contributed by atoms with van der Waals surface area (Å²) < 4.78 is 0. The van der Waals surface area contributed by atoms with Gasteiger partial charge in [0.1, 0.15) is 4.84 Å². The number of alkyl halides is 2. The van der Waals surface area contributed by atoms with Crippen LogP contribution in [0.5, 0.6) is 0 Å². The maximum absolute atomic E-state index is 5.55. The molecule has 0 saturated heterocycles. The molecule has 4 heteroatoms. The molecule has 1 aromatic carbocycles. The van der Waals surface area contributed by atoms with Crippen LogP contribution in [0.4, 0.5) is 0 Å². The normalized spacial score (nSPS) is 9.77. The molecule has 0 amide bonds. The van der Waals surface area contributed by atoms with Crippen molar-refractivity contribution in [3.8, 4) is 0 Å². The summed E-state index contributed by atoms with van der Waals surface area (Å²) in [6.45, 7) is 1.44. The largest absolute Gasteiger partial charge is 0.310 e. The average molecular weight is 241 g/mol. The van der Waals surface area contributed by atoms with Crippen LogP contribution in [0.15, 0.2) is 30.3 Å². The second-order valence-corrected chi connectivity index (χ2v) is 3.78. The molecule has 0 unspecified atom stereocenters. The zero-order valence-corrected chi connectivity index (χ0v) is 9.37. The number of benzene rings is 1. The number of halogens is 3.